The summed E-state index contributed by atoms with van der Waals surface area (Å²) in [4.78, 5) is 22.5. The normalized spacial score (nSPS) is 10.6. The number of hydrogen-bond donors (Lipinski definition) is 0. The molecular weight excluding hydrogens is 398 g/mol. The lowest BCUT2D eigenvalue weighted by atomic mass is 10.1. The van der Waals surface area contributed by atoms with Crippen LogP contribution in [0.4, 0.5) is 5.69 Å². The molecule has 0 N–H and O–H groups in total. The molecule has 0 saturated heterocycles. The van der Waals surface area contributed by atoms with Crippen LogP contribution in [0, 0.1) is 10.1 Å². The van der Waals surface area contributed by atoms with Crippen molar-refractivity contribution in [3.8, 4) is 11.5 Å². The molecule has 3 rings (SSSR count). The van der Waals surface area contributed by atoms with Gasteiger partial charge >= 0.3 is 0 Å². The first kappa shape index (κ1) is 20.3. The van der Waals surface area contributed by atoms with Gasteiger partial charge in [0.05, 0.1) is 31.3 Å². The van der Waals surface area contributed by atoms with E-state index in [0.717, 1.165) is 17.3 Å². The second-order valence-corrected chi connectivity index (χ2v) is 6.77. The largest absolute Gasteiger partial charge is 0.493 e. The average molecular weight is 415 g/mol. The van der Waals surface area contributed by atoms with E-state index < -0.39 is 4.92 Å². The third kappa shape index (κ3) is 5.11. The number of benzene rings is 2. The van der Waals surface area contributed by atoms with E-state index in [0.29, 0.717) is 23.8 Å². The Morgan fingerprint density at radius 2 is 1.93 bits per heavy atom. The molecule has 0 spiro atoms. The molecule has 9 nitrogen and oxygen atoms in total. The number of non-ortho nitro benzene ring substituents is 1. The number of Topliss-reactive ketones (excluding diaryl/α,β-unsaturated/α-hetero) is 1. The van der Waals surface area contributed by atoms with E-state index in [1.54, 1.807) is 20.3 Å². The van der Waals surface area contributed by atoms with Crippen LogP contribution < -0.4 is 9.47 Å². The maximum absolute atomic E-state index is 12.3. The molecule has 10 heteroatoms. The third-order valence-electron chi connectivity index (χ3n) is 3.96. The average Bonchev–Trinajstić information content (AvgIpc) is 3.19. The van der Waals surface area contributed by atoms with Gasteiger partial charge in [-0.3, -0.25) is 14.9 Å². The Kier molecular flexibility index (Phi) is 6.45. The first-order valence-corrected chi connectivity index (χ1v) is 9.42. The van der Waals surface area contributed by atoms with Crippen LogP contribution >= 0.6 is 11.8 Å². The fourth-order valence-corrected chi connectivity index (χ4v) is 3.21. The van der Waals surface area contributed by atoms with Gasteiger partial charge in [-0.05, 0) is 17.7 Å². The summed E-state index contributed by atoms with van der Waals surface area (Å²) in [6, 6.07) is 11.1. The first-order valence-electron chi connectivity index (χ1n) is 8.44. The number of carbonyl (C=O) groups is 1. The molecule has 3 aromatic rings. The summed E-state index contributed by atoms with van der Waals surface area (Å²) in [6.45, 7) is 0. The minimum atomic E-state index is -0.539. The number of methoxy groups -OCH3 is 2. The van der Waals surface area contributed by atoms with Crippen LogP contribution in [0.2, 0.25) is 0 Å². The van der Waals surface area contributed by atoms with Gasteiger partial charge in [0.1, 0.15) is 0 Å². The summed E-state index contributed by atoms with van der Waals surface area (Å²) in [6.07, 6.45) is 0.396. The van der Waals surface area contributed by atoms with Gasteiger partial charge in [-0.1, -0.05) is 30.0 Å². The van der Waals surface area contributed by atoms with Gasteiger partial charge in [-0.15, -0.1) is 10.2 Å². The topological polar surface area (TPSA) is 118 Å². The quantitative estimate of drug-likeness (QED) is 0.224. The Labute approximate surface area is 170 Å². The summed E-state index contributed by atoms with van der Waals surface area (Å²) in [5, 5.41) is 19.0. The van der Waals surface area contributed by atoms with E-state index in [-0.39, 0.29) is 28.0 Å². The van der Waals surface area contributed by atoms with Crippen molar-refractivity contribution in [1.82, 2.24) is 10.2 Å². The van der Waals surface area contributed by atoms with E-state index in [1.165, 1.54) is 24.3 Å². The van der Waals surface area contributed by atoms with Crippen LogP contribution in [0.25, 0.3) is 0 Å². The Balaban J connectivity index is 1.61. The fraction of sp³-hybridized carbons (Fsp3) is 0.211. The highest BCUT2D eigenvalue weighted by atomic mass is 32.2. The highest BCUT2D eigenvalue weighted by molar-refractivity contribution is 7.99. The molecule has 0 unspecified atom stereocenters. The molecule has 1 aromatic heterocycles. The molecular formula is C19H17N3O6S. The lowest BCUT2D eigenvalue weighted by Gasteiger charge is -2.08. The van der Waals surface area contributed by atoms with E-state index in [1.807, 2.05) is 12.1 Å². The maximum atomic E-state index is 12.3. The van der Waals surface area contributed by atoms with Gasteiger partial charge in [0.2, 0.25) is 5.89 Å². The monoisotopic (exact) mass is 415 g/mol. The predicted molar refractivity (Wildman–Crippen MR) is 105 cm³/mol. The third-order valence-corrected chi connectivity index (χ3v) is 4.78. The molecule has 0 fully saturated rings. The molecule has 0 aliphatic rings. The number of carbonyl (C=O) groups excluding carboxylic acids is 1. The number of ether oxygens (including phenoxy) is 2. The van der Waals surface area contributed by atoms with Gasteiger partial charge in [-0.2, -0.15) is 0 Å². The zero-order valence-corrected chi connectivity index (χ0v) is 16.5. The number of ketones is 1. The number of nitro groups is 1. The summed E-state index contributed by atoms with van der Waals surface area (Å²) >= 11 is 1.08. The van der Waals surface area contributed by atoms with Crippen molar-refractivity contribution in [1.29, 1.82) is 0 Å². The van der Waals surface area contributed by atoms with Crippen molar-refractivity contribution < 1.29 is 23.6 Å². The number of nitrogens with zero attached hydrogens (tertiary/aromatic N) is 3. The Hall–Kier alpha value is -3.40. The Bertz CT molecular complexity index is 1040. The molecule has 0 radical (unpaired) electrons. The molecule has 1 heterocycles. The van der Waals surface area contributed by atoms with Crippen molar-refractivity contribution in [3.05, 3.63) is 69.6 Å². The van der Waals surface area contributed by atoms with Crippen LogP contribution in [0.15, 0.2) is 52.1 Å². The smallest absolute Gasteiger partial charge is 0.277 e. The van der Waals surface area contributed by atoms with Gasteiger partial charge in [-0.25, -0.2) is 0 Å². The summed E-state index contributed by atoms with van der Waals surface area (Å²) < 4.78 is 16.1. The minimum absolute atomic E-state index is 0.0269. The molecule has 0 saturated carbocycles. The highest BCUT2D eigenvalue weighted by Gasteiger charge is 2.15. The zero-order valence-electron chi connectivity index (χ0n) is 15.7. The van der Waals surface area contributed by atoms with Gasteiger partial charge in [0.25, 0.3) is 10.9 Å². The zero-order chi connectivity index (χ0) is 20.8. The molecule has 0 aliphatic carbocycles. The standard InChI is InChI=1S/C19H17N3O6S/c1-26-16-7-6-12(8-17(16)27-2)9-18-20-21-19(28-18)29-11-15(23)13-4-3-5-14(10-13)22(24)25/h3-8,10H,9,11H2,1-2H3. The lowest BCUT2D eigenvalue weighted by molar-refractivity contribution is -0.384. The minimum Gasteiger partial charge on any atom is -0.493 e. The molecule has 0 aliphatic heterocycles. The first-order chi connectivity index (χ1) is 14.0. The SMILES string of the molecule is COc1ccc(Cc2nnc(SCC(=O)c3cccc([N+](=O)[O-])c3)o2)cc1OC. The number of hydrogen-bond acceptors (Lipinski definition) is 9. The molecule has 0 amide bonds. The van der Waals surface area contributed by atoms with Crippen LogP contribution in [0.3, 0.4) is 0 Å². The van der Waals surface area contributed by atoms with Crippen LogP contribution in [-0.2, 0) is 6.42 Å². The van der Waals surface area contributed by atoms with Crippen molar-refractivity contribution in [2.24, 2.45) is 0 Å². The number of rotatable bonds is 9. The van der Waals surface area contributed by atoms with Gasteiger partial charge < -0.3 is 13.9 Å². The summed E-state index contributed by atoms with van der Waals surface area (Å²) in [7, 11) is 3.12. The van der Waals surface area contributed by atoms with E-state index in [9.17, 15) is 14.9 Å². The highest BCUT2D eigenvalue weighted by Crippen LogP contribution is 2.28. The molecule has 2 aromatic carbocycles. The molecule has 150 valence electrons. The van der Waals surface area contributed by atoms with Gasteiger partial charge in [0.15, 0.2) is 17.3 Å². The fourth-order valence-electron chi connectivity index (χ4n) is 2.54. The van der Waals surface area contributed by atoms with Crippen molar-refractivity contribution >= 4 is 23.2 Å². The predicted octanol–water partition coefficient (Wildman–Crippen LogP) is 3.56. The number of thioether (sulfide) groups is 1. The van der Waals surface area contributed by atoms with Crippen LogP contribution in [0.5, 0.6) is 11.5 Å². The summed E-state index contributed by atoms with van der Waals surface area (Å²) in [5.74, 6) is 1.37. The second-order valence-electron chi connectivity index (χ2n) is 5.85. The Morgan fingerprint density at radius 3 is 2.66 bits per heavy atom. The van der Waals surface area contributed by atoms with Crippen LogP contribution in [-0.4, -0.2) is 40.9 Å². The van der Waals surface area contributed by atoms with Gasteiger partial charge in [0, 0.05) is 17.7 Å². The van der Waals surface area contributed by atoms with E-state index in [2.05, 4.69) is 10.2 Å². The Morgan fingerprint density at radius 1 is 1.14 bits per heavy atom. The maximum Gasteiger partial charge on any atom is 0.277 e. The summed E-state index contributed by atoms with van der Waals surface area (Å²) in [5.41, 5.74) is 1.03. The van der Waals surface area contributed by atoms with E-state index in [4.69, 9.17) is 13.9 Å². The van der Waals surface area contributed by atoms with Crippen molar-refractivity contribution in [2.75, 3.05) is 20.0 Å². The molecule has 29 heavy (non-hydrogen) atoms. The van der Waals surface area contributed by atoms with Crippen molar-refractivity contribution in [3.63, 3.8) is 0 Å². The lowest BCUT2D eigenvalue weighted by Crippen LogP contribution is -2.03. The second kappa shape index (κ2) is 9.20. The number of nitro benzene ring substituents is 1. The van der Waals surface area contributed by atoms with E-state index >= 15 is 0 Å². The number of aromatic nitrogens is 2. The van der Waals surface area contributed by atoms with Crippen LogP contribution in [0.1, 0.15) is 21.8 Å². The van der Waals surface area contributed by atoms with Crippen molar-refractivity contribution in [2.45, 2.75) is 11.6 Å². The molecule has 0 bridgehead atoms. The molecule has 0 atom stereocenters.